The number of nitrogens with zero attached hydrogens (tertiary/aromatic N) is 3. The van der Waals surface area contributed by atoms with E-state index in [1.165, 1.54) is 0 Å². The summed E-state index contributed by atoms with van der Waals surface area (Å²) in [4.78, 5) is 51.3. The van der Waals surface area contributed by atoms with Gasteiger partial charge in [0.05, 0.1) is 19.6 Å². The number of hydrogen-bond donors (Lipinski definition) is 4. The second-order valence-electron chi connectivity index (χ2n) is 8.08. The molecule has 182 valence electrons. The van der Waals surface area contributed by atoms with E-state index in [4.69, 9.17) is 0 Å². The van der Waals surface area contributed by atoms with E-state index in [0.717, 1.165) is 5.56 Å². The van der Waals surface area contributed by atoms with Crippen molar-refractivity contribution in [2.75, 3.05) is 58.9 Å². The molecular weight excluding hydrogens is 432 g/mol. The van der Waals surface area contributed by atoms with Crippen LogP contribution in [0.1, 0.15) is 22.8 Å². The summed E-state index contributed by atoms with van der Waals surface area (Å²) < 4.78 is 0. The summed E-state index contributed by atoms with van der Waals surface area (Å²) in [6, 6.07) is 6.74. The Hall–Kier alpha value is -3.02. The second kappa shape index (κ2) is 12.9. The first-order chi connectivity index (χ1) is 15.7. The minimum absolute atomic E-state index is 0.176. The van der Waals surface area contributed by atoms with Crippen molar-refractivity contribution in [2.45, 2.75) is 19.4 Å². The van der Waals surface area contributed by atoms with Crippen molar-refractivity contribution in [3.63, 3.8) is 0 Å². The molecule has 0 aromatic heterocycles. The average molecular weight is 465 g/mol. The molecule has 2 rings (SSSR count). The van der Waals surface area contributed by atoms with E-state index in [2.05, 4.69) is 5.32 Å². The lowest BCUT2D eigenvalue weighted by molar-refractivity contribution is -0.140. The van der Waals surface area contributed by atoms with Crippen LogP contribution in [0.3, 0.4) is 0 Å². The molecule has 0 saturated carbocycles. The Bertz CT molecular complexity index is 831. The number of carboxylic acids is 3. The molecule has 1 aromatic carbocycles. The molecular formula is C22H32N4O7. The maximum absolute atomic E-state index is 12.0. The van der Waals surface area contributed by atoms with Crippen LogP contribution >= 0.6 is 0 Å². The van der Waals surface area contributed by atoms with Crippen molar-refractivity contribution in [1.29, 1.82) is 0 Å². The van der Waals surface area contributed by atoms with Crippen LogP contribution in [-0.2, 0) is 20.8 Å². The minimum atomic E-state index is -1.01. The monoisotopic (exact) mass is 464 g/mol. The lowest BCUT2D eigenvalue weighted by atomic mass is 10.0. The lowest BCUT2D eigenvalue weighted by Gasteiger charge is -2.33. The molecule has 1 fully saturated rings. The summed E-state index contributed by atoms with van der Waals surface area (Å²) in [5, 5.41) is 30.7. The van der Waals surface area contributed by atoms with E-state index in [9.17, 15) is 34.5 Å². The molecule has 0 spiro atoms. The maximum Gasteiger partial charge on any atom is 0.317 e. The van der Waals surface area contributed by atoms with Crippen LogP contribution in [0.5, 0.6) is 0 Å². The molecule has 1 atom stereocenters. The van der Waals surface area contributed by atoms with Crippen molar-refractivity contribution < 1.29 is 34.5 Å². The number of nitrogens with one attached hydrogen (secondary N) is 1. The fourth-order valence-electron chi connectivity index (χ4n) is 3.94. The van der Waals surface area contributed by atoms with Crippen LogP contribution in [0.2, 0.25) is 0 Å². The van der Waals surface area contributed by atoms with Gasteiger partial charge in [-0.15, -0.1) is 0 Å². The van der Waals surface area contributed by atoms with Gasteiger partial charge in [-0.1, -0.05) is 12.1 Å². The van der Waals surface area contributed by atoms with Gasteiger partial charge in [0.1, 0.15) is 0 Å². The zero-order chi connectivity index (χ0) is 24.4. The minimum Gasteiger partial charge on any atom is -0.480 e. The number of benzene rings is 1. The topological polar surface area (TPSA) is 151 Å². The third-order valence-electron chi connectivity index (χ3n) is 5.50. The van der Waals surface area contributed by atoms with E-state index in [1.54, 1.807) is 26.8 Å². The Kier molecular flexibility index (Phi) is 10.2. The van der Waals surface area contributed by atoms with Gasteiger partial charge in [0, 0.05) is 50.9 Å². The number of rotatable bonds is 10. The zero-order valence-electron chi connectivity index (χ0n) is 18.8. The van der Waals surface area contributed by atoms with Gasteiger partial charge in [-0.2, -0.15) is 0 Å². The smallest absolute Gasteiger partial charge is 0.317 e. The third-order valence-corrected chi connectivity index (χ3v) is 5.50. The van der Waals surface area contributed by atoms with E-state index < -0.39 is 17.9 Å². The predicted octanol–water partition coefficient (Wildman–Crippen LogP) is -0.479. The molecule has 1 saturated heterocycles. The molecule has 1 heterocycles. The maximum atomic E-state index is 12.0. The second-order valence-corrected chi connectivity index (χ2v) is 8.08. The van der Waals surface area contributed by atoms with E-state index in [1.807, 2.05) is 19.1 Å². The third kappa shape index (κ3) is 9.16. The van der Waals surface area contributed by atoms with Gasteiger partial charge in [0.25, 0.3) is 5.91 Å². The molecule has 33 heavy (non-hydrogen) atoms. The van der Waals surface area contributed by atoms with Gasteiger partial charge >= 0.3 is 17.9 Å². The van der Waals surface area contributed by atoms with Crippen molar-refractivity contribution in [1.82, 2.24) is 20.0 Å². The van der Waals surface area contributed by atoms with Crippen molar-refractivity contribution in [2.24, 2.45) is 0 Å². The molecule has 0 radical (unpaired) electrons. The van der Waals surface area contributed by atoms with E-state index in [0.29, 0.717) is 51.3 Å². The van der Waals surface area contributed by atoms with Crippen molar-refractivity contribution >= 4 is 23.8 Å². The van der Waals surface area contributed by atoms with Crippen molar-refractivity contribution in [3.8, 4) is 0 Å². The molecule has 1 aliphatic heterocycles. The number of aliphatic carboxylic acids is 3. The Labute approximate surface area is 192 Å². The summed E-state index contributed by atoms with van der Waals surface area (Å²) >= 11 is 0. The Morgan fingerprint density at radius 3 is 1.97 bits per heavy atom. The number of hydrogen-bond acceptors (Lipinski definition) is 7. The lowest BCUT2D eigenvalue weighted by Crippen LogP contribution is -2.49. The van der Waals surface area contributed by atoms with Gasteiger partial charge in [-0.25, -0.2) is 0 Å². The number of carbonyl (C=O) groups excluding carboxylic acids is 1. The molecule has 11 heteroatoms. The van der Waals surface area contributed by atoms with Gasteiger partial charge in [0.2, 0.25) is 0 Å². The number of carboxylic acid groups (broad SMARTS) is 3. The Morgan fingerprint density at radius 2 is 1.39 bits per heavy atom. The van der Waals surface area contributed by atoms with E-state index >= 15 is 0 Å². The molecule has 0 aliphatic carbocycles. The summed E-state index contributed by atoms with van der Waals surface area (Å²) in [6.45, 7) is 3.41. The van der Waals surface area contributed by atoms with Crippen LogP contribution in [0, 0.1) is 0 Å². The molecule has 11 nitrogen and oxygen atoms in total. The van der Waals surface area contributed by atoms with Gasteiger partial charge in [-0.05, 0) is 31.0 Å². The van der Waals surface area contributed by atoms with Gasteiger partial charge in [-0.3, -0.25) is 33.9 Å². The highest BCUT2D eigenvalue weighted by Gasteiger charge is 2.28. The molecule has 4 N–H and O–H groups in total. The first-order valence-electron chi connectivity index (χ1n) is 10.9. The number of carbonyl (C=O) groups is 4. The van der Waals surface area contributed by atoms with Crippen LogP contribution in [0.15, 0.2) is 24.3 Å². The Balaban J connectivity index is 2.26. The summed E-state index contributed by atoms with van der Waals surface area (Å²) in [6.07, 6.45) is 0.456. The fourth-order valence-corrected chi connectivity index (χ4v) is 3.94. The highest BCUT2D eigenvalue weighted by atomic mass is 16.4. The number of amides is 1. The molecule has 1 amide bonds. The Morgan fingerprint density at radius 1 is 0.848 bits per heavy atom. The standard InChI is InChI=1S/C22H32N4O7/c1-2-23-22(33)17-5-3-16(4-6-17)11-18-12-25(14-20(29)30)8-7-24(13-19(27)28)9-10-26(18)15-21(31)32/h3-6,18H,2,7-15H2,1H3,(H,23,33)(H,27,28)(H,29,30)(H,31,32). The largest absolute Gasteiger partial charge is 0.480 e. The normalized spacial score (nSPS) is 18.6. The first-order valence-corrected chi connectivity index (χ1v) is 10.9. The molecule has 1 aromatic rings. The average Bonchev–Trinajstić information content (AvgIpc) is 2.79. The van der Waals surface area contributed by atoms with E-state index in [-0.39, 0.29) is 31.6 Å². The van der Waals surface area contributed by atoms with Gasteiger partial charge < -0.3 is 20.6 Å². The first kappa shape index (κ1) is 26.2. The fraction of sp³-hybridized carbons (Fsp3) is 0.545. The van der Waals surface area contributed by atoms with Crippen LogP contribution in [-0.4, -0.2) is 119 Å². The van der Waals surface area contributed by atoms with Crippen molar-refractivity contribution in [3.05, 3.63) is 35.4 Å². The molecule has 1 unspecified atom stereocenters. The van der Waals surface area contributed by atoms with Gasteiger partial charge in [0.15, 0.2) is 0 Å². The summed E-state index contributed by atoms with van der Waals surface area (Å²) in [5.41, 5.74) is 1.41. The zero-order valence-corrected chi connectivity index (χ0v) is 18.8. The molecule has 1 aliphatic rings. The summed E-state index contributed by atoms with van der Waals surface area (Å²) in [5.74, 6) is -3.19. The predicted molar refractivity (Wildman–Crippen MR) is 119 cm³/mol. The SMILES string of the molecule is CCNC(=O)c1ccc(CC2CN(CC(=O)O)CCN(CC(=O)O)CCN2CC(=O)O)cc1. The highest BCUT2D eigenvalue weighted by Crippen LogP contribution is 2.15. The quantitative estimate of drug-likeness (QED) is 0.357. The van der Waals surface area contributed by atoms with Crippen LogP contribution in [0.25, 0.3) is 0 Å². The van der Waals surface area contributed by atoms with Crippen LogP contribution < -0.4 is 5.32 Å². The highest BCUT2D eigenvalue weighted by molar-refractivity contribution is 5.94. The molecule has 0 bridgehead atoms. The van der Waals surface area contributed by atoms with Crippen LogP contribution in [0.4, 0.5) is 0 Å². The summed E-state index contributed by atoms with van der Waals surface area (Å²) in [7, 11) is 0.